The first-order chi connectivity index (χ1) is 18.7. The summed E-state index contributed by atoms with van der Waals surface area (Å²) in [5, 5.41) is 0.128. The lowest BCUT2D eigenvalue weighted by Crippen LogP contribution is -2.53. The van der Waals surface area contributed by atoms with Crippen LogP contribution in [0.2, 0.25) is 5.15 Å². The summed E-state index contributed by atoms with van der Waals surface area (Å²) in [6.07, 6.45) is 0. The molecule has 2 aliphatic heterocycles. The molecule has 2 aliphatic rings. The molecule has 1 aromatic carbocycles. The van der Waals surface area contributed by atoms with Crippen LogP contribution in [-0.4, -0.2) is 84.5 Å². The maximum Gasteiger partial charge on any atom is 0.359 e. The van der Waals surface area contributed by atoms with Crippen LogP contribution in [-0.2, 0) is 9.47 Å². The second kappa shape index (κ2) is 11.6. The molecule has 0 bridgehead atoms. The molecule has 4 heterocycles. The first kappa shape index (κ1) is 27.5. The Kier molecular flexibility index (Phi) is 8.15. The first-order valence-electron chi connectivity index (χ1n) is 12.6. The van der Waals surface area contributed by atoms with Crippen molar-refractivity contribution in [1.82, 2.24) is 19.9 Å². The summed E-state index contributed by atoms with van der Waals surface area (Å²) in [7, 11) is 1.28. The molecule has 2 unspecified atom stereocenters. The number of aromatic nitrogens is 4. The number of hydrogen-bond acceptors (Lipinski definition) is 10. The molecular formula is C26H28BrClFN7O3. The van der Waals surface area contributed by atoms with Crippen LogP contribution in [0.5, 0.6) is 0 Å². The molecule has 0 amide bonds. The Morgan fingerprint density at radius 1 is 1.08 bits per heavy atom. The van der Waals surface area contributed by atoms with Crippen molar-refractivity contribution in [3.8, 4) is 11.3 Å². The molecule has 39 heavy (non-hydrogen) atoms. The maximum atomic E-state index is 13.6. The molecule has 0 spiro atoms. The van der Waals surface area contributed by atoms with Crippen molar-refractivity contribution >= 4 is 51.1 Å². The van der Waals surface area contributed by atoms with E-state index < -0.39 is 5.97 Å². The summed E-state index contributed by atoms with van der Waals surface area (Å²) in [6.45, 7) is 7.90. The molecule has 2 atom stereocenters. The molecule has 10 nitrogen and oxygen atoms in total. The maximum absolute atomic E-state index is 13.6. The number of benzene rings is 1. The van der Waals surface area contributed by atoms with Crippen LogP contribution < -0.4 is 14.7 Å². The summed E-state index contributed by atoms with van der Waals surface area (Å²) in [5.74, 6) is 0.971. The van der Waals surface area contributed by atoms with Gasteiger partial charge in [-0.1, -0.05) is 11.6 Å². The number of esters is 1. The third-order valence-electron chi connectivity index (χ3n) is 6.86. The summed E-state index contributed by atoms with van der Waals surface area (Å²) in [6, 6.07) is 8.42. The van der Waals surface area contributed by atoms with Crippen molar-refractivity contribution in [3.63, 3.8) is 0 Å². The van der Waals surface area contributed by atoms with Gasteiger partial charge in [-0.3, -0.25) is 0 Å². The van der Waals surface area contributed by atoms with E-state index in [1.54, 1.807) is 12.1 Å². The number of ether oxygens (including phenoxy) is 2. The normalized spacial score (nSPS) is 19.8. The zero-order chi connectivity index (χ0) is 27.7. The Labute approximate surface area is 239 Å². The summed E-state index contributed by atoms with van der Waals surface area (Å²) >= 11 is 9.75. The van der Waals surface area contributed by atoms with Gasteiger partial charge in [0.05, 0.1) is 32.1 Å². The predicted molar refractivity (Wildman–Crippen MR) is 150 cm³/mol. The highest BCUT2D eigenvalue weighted by molar-refractivity contribution is 9.10. The van der Waals surface area contributed by atoms with Crippen LogP contribution in [0.3, 0.4) is 0 Å². The summed E-state index contributed by atoms with van der Waals surface area (Å²) < 4.78 is 24.3. The van der Waals surface area contributed by atoms with E-state index in [0.717, 1.165) is 17.1 Å². The molecule has 3 aromatic rings. The second-order valence-electron chi connectivity index (χ2n) is 9.49. The van der Waals surface area contributed by atoms with Crippen LogP contribution in [0.1, 0.15) is 24.3 Å². The van der Waals surface area contributed by atoms with Gasteiger partial charge in [0.2, 0.25) is 5.95 Å². The number of carbonyl (C=O) groups is 1. The van der Waals surface area contributed by atoms with E-state index in [0.29, 0.717) is 51.2 Å². The van der Waals surface area contributed by atoms with Gasteiger partial charge in [-0.25, -0.2) is 24.1 Å². The monoisotopic (exact) mass is 619 g/mol. The number of anilines is 3. The van der Waals surface area contributed by atoms with Gasteiger partial charge >= 0.3 is 5.97 Å². The molecule has 0 aliphatic carbocycles. The number of piperazine rings is 1. The highest BCUT2D eigenvalue weighted by Crippen LogP contribution is 2.32. The molecule has 206 valence electrons. The van der Waals surface area contributed by atoms with Crippen molar-refractivity contribution in [2.24, 2.45) is 0 Å². The Morgan fingerprint density at radius 3 is 2.54 bits per heavy atom. The van der Waals surface area contributed by atoms with Crippen LogP contribution in [0.25, 0.3) is 11.3 Å². The van der Waals surface area contributed by atoms with Crippen molar-refractivity contribution in [2.45, 2.75) is 25.9 Å². The Balaban J connectivity index is 1.44. The molecule has 2 aromatic heterocycles. The van der Waals surface area contributed by atoms with Crippen molar-refractivity contribution in [1.29, 1.82) is 0 Å². The quantitative estimate of drug-likeness (QED) is 0.386. The number of carbonyl (C=O) groups excluding carboxylic acids is 1. The van der Waals surface area contributed by atoms with Crippen LogP contribution in [0.15, 0.2) is 34.9 Å². The third-order valence-corrected chi connectivity index (χ3v) is 7.67. The Hall–Kier alpha value is -3.09. The zero-order valence-corrected chi connectivity index (χ0v) is 24.1. The number of hydrogen-bond donors (Lipinski definition) is 0. The average Bonchev–Trinajstić information content (AvgIpc) is 2.94. The highest BCUT2D eigenvalue weighted by atomic mass is 79.9. The van der Waals surface area contributed by atoms with E-state index >= 15 is 0 Å². The third kappa shape index (κ3) is 5.78. The number of methoxy groups -OCH3 is 1. The fraction of sp³-hybridized carbons (Fsp3) is 0.423. The summed E-state index contributed by atoms with van der Waals surface area (Å²) in [5.41, 5.74) is 1.56. The van der Waals surface area contributed by atoms with E-state index in [1.165, 1.54) is 19.2 Å². The van der Waals surface area contributed by atoms with Gasteiger partial charge < -0.3 is 24.2 Å². The van der Waals surface area contributed by atoms with E-state index in [1.807, 2.05) is 11.0 Å². The average molecular weight is 621 g/mol. The number of nitrogens with zero attached hydrogens (tertiary/aromatic N) is 7. The van der Waals surface area contributed by atoms with E-state index in [4.69, 9.17) is 31.0 Å². The molecule has 0 radical (unpaired) electrons. The molecule has 13 heteroatoms. The standard InChI is InChI=1S/C26H28BrClFN7O3/c1-15-13-34(24-23(28)32-21(22(27)33-24)25(37)38-3)8-9-35(15)20-12-19(17-4-6-18(29)7-5-17)30-26(31-20)36-10-11-39-14-16(36)2/h4-7,12,15-16H,8-11,13-14H2,1-3H3. The first-order valence-corrected chi connectivity index (χ1v) is 13.7. The topological polar surface area (TPSA) is 96.8 Å². The molecule has 0 N–H and O–H groups in total. The minimum atomic E-state index is -0.618. The lowest BCUT2D eigenvalue weighted by atomic mass is 10.1. The van der Waals surface area contributed by atoms with Crippen LogP contribution >= 0.6 is 27.5 Å². The Bertz CT molecular complexity index is 1370. The number of morpholine rings is 1. The van der Waals surface area contributed by atoms with Gasteiger partial charge in [-0.2, -0.15) is 4.98 Å². The van der Waals surface area contributed by atoms with Gasteiger partial charge in [-0.15, -0.1) is 0 Å². The van der Waals surface area contributed by atoms with E-state index in [-0.39, 0.29) is 33.4 Å². The number of halogens is 3. The van der Waals surface area contributed by atoms with E-state index in [9.17, 15) is 9.18 Å². The van der Waals surface area contributed by atoms with Crippen molar-refractivity contribution in [3.05, 3.63) is 51.6 Å². The molecule has 0 saturated carbocycles. The lowest BCUT2D eigenvalue weighted by Gasteiger charge is -2.41. The van der Waals surface area contributed by atoms with Gasteiger partial charge in [0, 0.05) is 43.9 Å². The van der Waals surface area contributed by atoms with Gasteiger partial charge in [-0.05, 0) is 54.0 Å². The Morgan fingerprint density at radius 2 is 1.85 bits per heavy atom. The minimum absolute atomic E-state index is 0.0251. The molecule has 2 saturated heterocycles. The highest BCUT2D eigenvalue weighted by Gasteiger charge is 2.30. The van der Waals surface area contributed by atoms with Gasteiger partial charge in [0.15, 0.2) is 16.7 Å². The van der Waals surface area contributed by atoms with Gasteiger partial charge in [0.1, 0.15) is 16.2 Å². The zero-order valence-electron chi connectivity index (χ0n) is 21.8. The lowest BCUT2D eigenvalue weighted by molar-refractivity contribution is 0.0592. The molecule has 5 rings (SSSR count). The molecular weight excluding hydrogens is 593 g/mol. The largest absolute Gasteiger partial charge is 0.464 e. The minimum Gasteiger partial charge on any atom is -0.464 e. The number of rotatable bonds is 5. The molecule has 2 fully saturated rings. The van der Waals surface area contributed by atoms with Gasteiger partial charge in [0.25, 0.3) is 0 Å². The smallest absolute Gasteiger partial charge is 0.359 e. The summed E-state index contributed by atoms with van der Waals surface area (Å²) in [4.78, 5) is 36.9. The van der Waals surface area contributed by atoms with Crippen LogP contribution in [0.4, 0.5) is 22.0 Å². The fourth-order valence-electron chi connectivity index (χ4n) is 4.79. The van der Waals surface area contributed by atoms with Crippen molar-refractivity contribution < 1.29 is 18.7 Å². The SMILES string of the molecule is COC(=O)c1nc(Cl)c(N2CCN(c3cc(-c4ccc(F)cc4)nc(N4CCOCC4C)n3)C(C)C2)nc1Br. The second-order valence-corrected chi connectivity index (χ2v) is 10.6. The van der Waals surface area contributed by atoms with E-state index in [2.05, 4.69) is 49.5 Å². The fourth-order valence-corrected chi connectivity index (χ4v) is 5.46. The van der Waals surface area contributed by atoms with Crippen LogP contribution in [0, 0.1) is 5.82 Å². The predicted octanol–water partition coefficient (Wildman–Crippen LogP) is 4.22. The van der Waals surface area contributed by atoms with Crippen molar-refractivity contribution in [2.75, 3.05) is 61.2 Å².